The van der Waals surface area contributed by atoms with Crippen LogP contribution in [0.25, 0.3) is 0 Å². The molecule has 1 aliphatic heterocycles. The molecule has 1 fully saturated rings. The van der Waals surface area contributed by atoms with Crippen molar-refractivity contribution in [1.29, 1.82) is 0 Å². The molecule has 0 bridgehead atoms. The molecule has 27 heavy (non-hydrogen) atoms. The van der Waals surface area contributed by atoms with Crippen molar-refractivity contribution in [2.45, 2.75) is 20.0 Å². The Morgan fingerprint density at radius 1 is 1.19 bits per heavy atom. The Bertz CT molecular complexity index is 762. The highest BCUT2D eigenvalue weighted by atomic mass is 127. The monoisotopic (exact) mass is 504 g/mol. The first-order valence-corrected chi connectivity index (χ1v) is 9.58. The maximum atomic E-state index is 14.5. The summed E-state index contributed by atoms with van der Waals surface area (Å²) in [4.78, 5) is 8.80. The second-order valence-corrected chi connectivity index (χ2v) is 7.55. The van der Waals surface area contributed by atoms with Gasteiger partial charge in [0, 0.05) is 36.4 Å². The summed E-state index contributed by atoms with van der Waals surface area (Å²) >= 11 is 1.76. The Labute approximate surface area is 181 Å². The summed E-state index contributed by atoms with van der Waals surface area (Å²) in [7, 11) is 1.73. The quantitative estimate of drug-likeness (QED) is 0.372. The molecule has 0 unspecified atom stereocenters. The molecule has 3 rings (SSSR count). The first kappa shape index (κ1) is 21.9. The molecule has 1 aromatic heterocycles. The maximum Gasteiger partial charge on any atom is 0.191 e. The van der Waals surface area contributed by atoms with Crippen molar-refractivity contribution < 1.29 is 9.13 Å². The number of halogens is 2. The third-order valence-corrected chi connectivity index (χ3v) is 5.27. The molecule has 148 valence electrons. The summed E-state index contributed by atoms with van der Waals surface area (Å²) in [5, 5.41) is 6.51. The topological polar surface area (TPSA) is 48.9 Å². The van der Waals surface area contributed by atoms with E-state index < -0.39 is 0 Å². The van der Waals surface area contributed by atoms with Gasteiger partial charge in [0.15, 0.2) is 5.96 Å². The lowest BCUT2D eigenvalue weighted by Gasteiger charge is -2.29. The Morgan fingerprint density at radius 3 is 2.56 bits per heavy atom. The van der Waals surface area contributed by atoms with Crippen LogP contribution in [0, 0.1) is 12.7 Å². The van der Waals surface area contributed by atoms with Crippen molar-refractivity contribution in [3.63, 3.8) is 0 Å². The molecule has 0 atom stereocenters. The molecular weight excluding hydrogens is 478 g/mol. The number of thiophene rings is 1. The van der Waals surface area contributed by atoms with Crippen LogP contribution < -0.4 is 15.5 Å². The second kappa shape index (κ2) is 10.8. The van der Waals surface area contributed by atoms with Crippen molar-refractivity contribution in [2.75, 3.05) is 38.3 Å². The van der Waals surface area contributed by atoms with Crippen LogP contribution in [0.2, 0.25) is 0 Å². The third-order valence-electron chi connectivity index (χ3n) is 4.27. The SMILES string of the molecule is CN=C(NCc1ccc(N2CCOCC2)c(F)c1)NCc1ccc(C)s1.I. The molecule has 0 aliphatic carbocycles. The zero-order valence-corrected chi connectivity index (χ0v) is 18.8. The summed E-state index contributed by atoms with van der Waals surface area (Å²) in [5.74, 6) is 0.511. The van der Waals surface area contributed by atoms with Gasteiger partial charge in [-0.3, -0.25) is 4.99 Å². The van der Waals surface area contributed by atoms with E-state index in [1.54, 1.807) is 24.5 Å². The van der Waals surface area contributed by atoms with E-state index in [4.69, 9.17) is 4.74 Å². The lowest BCUT2D eigenvalue weighted by atomic mass is 10.1. The number of morpholine rings is 1. The number of ether oxygens (including phenoxy) is 1. The minimum Gasteiger partial charge on any atom is -0.378 e. The molecule has 2 aromatic rings. The molecule has 1 aromatic carbocycles. The van der Waals surface area contributed by atoms with Gasteiger partial charge in [0.2, 0.25) is 0 Å². The maximum absolute atomic E-state index is 14.5. The van der Waals surface area contributed by atoms with Gasteiger partial charge in [-0.15, -0.1) is 35.3 Å². The predicted octanol–water partition coefficient (Wildman–Crippen LogP) is 3.52. The highest BCUT2D eigenvalue weighted by Gasteiger charge is 2.15. The minimum atomic E-state index is -0.191. The lowest BCUT2D eigenvalue weighted by molar-refractivity contribution is 0.122. The number of nitrogens with one attached hydrogen (secondary N) is 2. The lowest BCUT2D eigenvalue weighted by Crippen LogP contribution is -2.37. The summed E-state index contributed by atoms with van der Waals surface area (Å²) in [5.41, 5.74) is 1.53. The fourth-order valence-corrected chi connectivity index (χ4v) is 3.71. The molecule has 2 N–H and O–H groups in total. The molecule has 2 heterocycles. The Hall–Kier alpha value is -1.39. The molecule has 0 saturated carbocycles. The number of rotatable bonds is 5. The van der Waals surface area contributed by atoms with Gasteiger partial charge >= 0.3 is 0 Å². The molecule has 0 spiro atoms. The van der Waals surface area contributed by atoms with Crippen LogP contribution in [-0.2, 0) is 17.8 Å². The Balaban J connectivity index is 0.00000261. The van der Waals surface area contributed by atoms with Crippen LogP contribution in [-0.4, -0.2) is 39.3 Å². The predicted molar refractivity (Wildman–Crippen MR) is 121 cm³/mol. The molecule has 1 aliphatic rings. The van der Waals surface area contributed by atoms with Crippen LogP contribution in [0.1, 0.15) is 15.3 Å². The molecule has 0 amide bonds. The summed E-state index contributed by atoms with van der Waals surface area (Å²) in [6.45, 7) is 6.09. The van der Waals surface area contributed by atoms with E-state index in [0.29, 0.717) is 31.4 Å². The van der Waals surface area contributed by atoms with Crippen molar-refractivity contribution in [1.82, 2.24) is 10.6 Å². The molecular formula is C19H26FIN4OS. The third kappa shape index (κ3) is 6.32. The van der Waals surface area contributed by atoms with Crippen molar-refractivity contribution in [3.05, 3.63) is 51.5 Å². The molecule has 0 radical (unpaired) electrons. The zero-order valence-electron chi connectivity index (χ0n) is 15.6. The van der Waals surface area contributed by atoms with E-state index in [1.807, 2.05) is 17.0 Å². The molecule has 1 saturated heterocycles. The van der Waals surface area contributed by atoms with E-state index >= 15 is 0 Å². The van der Waals surface area contributed by atoms with Gasteiger partial charge in [0.05, 0.1) is 25.4 Å². The fourth-order valence-electron chi connectivity index (χ4n) is 2.88. The minimum absolute atomic E-state index is 0. The summed E-state index contributed by atoms with van der Waals surface area (Å²) < 4.78 is 19.8. The smallest absolute Gasteiger partial charge is 0.191 e. The van der Waals surface area contributed by atoms with Gasteiger partial charge in [-0.1, -0.05) is 6.07 Å². The number of hydrogen-bond acceptors (Lipinski definition) is 4. The molecule has 5 nitrogen and oxygen atoms in total. The van der Waals surface area contributed by atoms with Gasteiger partial charge in [-0.2, -0.15) is 0 Å². The first-order valence-electron chi connectivity index (χ1n) is 8.76. The fraction of sp³-hybridized carbons (Fsp3) is 0.421. The Morgan fingerprint density at radius 2 is 1.93 bits per heavy atom. The standard InChI is InChI=1S/C19H25FN4OS.HI/c1-14-3-5-16(26-14)13-23-19(21-2)22-12-15-4-6-18(17(20)11-15)24-7-9-25-10-8-24;/h3-6,11H,7-10,12-13H2,1-2H3,(H2,21,22,23);1H. The average Bonchev–Trinajstić information content (AvgIpc) is 3.08. The van der Waals surface area contributed by atoms with Crippen molar-refractivity contribution >= 4 is 47.0 Å². The Kier molecular flexibility index (Phi) is 8.78. The number of aliphatic imine (C=N–C) groups is 1. The summed E-state index contributed by atoms with van der Waals surface area (Å²) in [6, 6.07) is 9.61. The number of hydrogen-bond donors (Lipinski definition) is 2. The van der Waals surface area contributed by atoms with Crippen LogP contribution >= 0.6 is 35.3 Å². The van der Waals surface area contributed by atoms with Crippen LogP contribution in [0.5, 0.6) is 0 Å². The summed E-state index contributed by atoms with van der Waals surface area (Å²) in [6.07, 6.45) is 0. The van der Waals surface area contributed by atoms with Gasteiger partial charge in [0.1, 0.15) is 5.82 Å². The van der Waals surface area contributed by atoms with Crippen molar-refractivity contribution in [3.8, 4) is 0 Å². The highest BCUT2D eigenvalue weighted by molar-refractivity contribution is 14.0. The van der Waals surface area contributed by atoms with E-state index in [2.05, 4.69) is 34.7 Å². The number of aryl methyl sites for hydroxylation is 1. The van der Waals surface area contributed by atoms with Crippen molar-refractivity contribution in [2.24, 2.45) is 4.99 Å². The second-order valence-electron chi connectivity index (χ2n) is 6.18. The van der Waals surface area contributed by atoms with Gasteiger partial charge < -0.3 is 20.3 Å². The normalized spacial score (nSPS) is 14.6. The van der Waals surface area contributed by atoms with Crippen LogP contribution in [0.4, 0.5) is 10.1 Å². The van der Waals surface area contributed by atoms with Gasteiger partial charge in [0.25, 0.3) is 0 Å². The number of benzene rings is 1. The number of anilines is 1. The number of nitrogens with zero attached hydrogens (tertiary/aromatic N) is 2. The largest absolute Gasteiger partial charge is 0.378 e. The van der Waals surface area contributed by atoms with E-state index in [1.165, 1.54) is 9.75 Å². The number of guanidine groups is 1. The zero-order chi connectivity index (χ0) is 18.4. The molecule has 8 heteroatoms. The van der Waals surface area contributed by atoms with Gasteiger partial charge in [-0.05, 0) is 36.8 Å². The highest BCUT2D eigenvalue weighted by Crippen LogP contribution is 2.21. The van der Waals surface area contributed by atoms with E-state index in [9.17, 15) is 4.39 Å². The van der Waals surface area contributed by atoms with Crippen LogP contribution in [0.3, 0.4) is 0 Å². The average molecular weight is 504 g/mol. The van der Waals surface area contributed by atoms with Crippen LogP contribution in [0.15, 0.2) is 35.3 Å². The van der Waals surface area contributed by atoms with E-state index in [-0.39, 0.29) is 29.8 Å². The van der Waals surface area contributed by atoms with E-state index in [0.717, 1.165) is 25.2 Å². The van der Waals surface area contributed by atoms with Gasteiger partial charge in [-0.25, -0.2) is 4.39 Å². The first-order chi connectivity index (χ1) is 12.7.